The van der Waals surface area contributed by atoms with Crippen LogP contribution in [0.3, 0.4) is 0 Å². The van der Waals surface area contributed by atoms with Gasteiger partial charge in [0.25, 0.3) is 5.56 Å². The lowest BCUT2D eigenvalue weighted by Crippen LogP contribution is -2.38. The van der Waals surface area contributed by atoms with Crippen LogP contribution in [-0.2, 0) is 6.54 Å². The molecule has 112 valence electrons. The molecule has 0 amide bonds. The van der Waals surface area contributed by atoms with E-state index in [-0.39, 0.29) is 5.56 Å². The van der Waals surface area contributed by atoms with E-state index in [4.69, 9.17) is 23.2 Å². The summed E-state index contributed by atoms with van der Waals surface area (Å²) in [7, 11) is 0. The highest BCUT2D eigenvalue weighted by atomic mass is 35.5. The molecule has 4 nitrogen and oxygen atoms in total. The Balaban J connectivity index is 2.46. The maximum atomic E-state index is 12.7. The van der Waals surface area contributed by atoms with Crippen molar-refractivity contribution in [2.75, 3.05) is 0 Å². The molecule has 0 bridgehead atoms. The predicted octanol–water partition coefficient (Wildman–Crippen LogP) is 3.48. The van der Waals surface area contributed by atoms with E-state index in [9.17, 15) is 9.59 Å². The maximum Gasteiger partial charge on any atom is 0.336 e. The fraction of sp³-hybridized carbons (Fsp3) is 0.125. The van der Waals surface area contributed by atoms with Gasteiger partial charge in [-0.15, -0.1) is 0 Å². The van der Waals surface area contributed by atoms with Crippen molar-refractivity contribution in [1.82, 2.24) is 9.13 Å². The smallest absolute Gasteiger partial charge is 0.293 e. The highest BCUT2D eigenvalue weighted by molar-refractivity contribution is 6.42. The van der Waals surface area contributed by atoms with Gasteiger partial charge in [-0.25, -0.2) is 9.36 Å². The van der Waals surface area contributed by atoms with Crippen molar-refractivity contribution in [3.05, 3.63) is 73.3 Å². The van der Waals surface area contributed by atoms with Crippen molar-refractivity contribution in [2.45, 2.75) is 13.5 Å². The van der Waals surface area contributed by atoms with Gasteiger partial charge in [-0.1, -0.05) is 35.3 Å². The summed E-state index contributed by atoms with van der Waals surface area (Å²) in [5.74, 6) is 0. The first kappa shape index (κ1) is 14.9. The van der Waals surface area contributed by atoms with Crippen molar-refractivity contribution in [3.63, 3.8) is 0 Å². The van der Waals surface area contributed by atoms with E-state index in [0.717, 1.165) is 4.57 Å². The molecule has 0 unspecified atom stereocenters. The molecule has 0 aliphatic heterocycles. The number of para-hydroxylation sites is 1. The molecule has 3 rings (SSSR count). The highest BCUT2D eigenvalue weighted by Gasteiger charge is 2.14. The van der Waals surface area contributed by atoms with Gasteiger partial charge < -0.3 is 0 Å². The third-order valence-electron chi connectivity index (χ3n) is 3.53. The van der Waals surface area contributed by atoms with Gasteiger partial charge >= 0.3 is 5.69 Å². The molecule has 0 saturated heterocycles. The molecule has 0 aliphatic rings. The first-order valence-electron chi connectivity index (χ1n) is 6.74. The fourth-order valence-electron chi connectivity index (χ4n) is 2.48. The van der Waals surface area contributed by atoms with Crippen LogP contribution in [0.15, 0.2) is 52.1 Å². The van der Waals surface area contributed by atoms with Crippen LogP contribution in [0.4, 0.5) is 0 Å². The van der Waals surface area contributed by atoms with Gasteiger partial charge in [0.05, 0.1) is 26.6 Å². The SMILES string of the molecule is CCn1c(=O)n(-c2ccc(Cl)c(Cl)c2)c(=O)c2ccccc21. The maximum absolute atomic E-state index is 12.7. The first-order chi connectivity index (χ1) is 10.5. The van der Waals surface area contributed by atoms with Gasteiger partial charge in [0.15, 0.2) is 0 Å². The number of hydrogen-bond acceptors (Lipinski definition) is 2. The predicted molar refractivity (Wildman–Crippen MR) is 89.5 cm³/mol. The fourth-order valence-corrected chi connectivity index (χ4v) is 2.77. The van der Waals surface area contributed by atoms with Gasteiger partial charge in [-0.05, 0) is 37.3 Å². The summed E-state index contributed by atoms with van der Waals surface area (Å²) in [6.07, 6.45) is 0. The lowest BCUT2D eigenvalue weighted by molar-refractivity contribution is 0.692. The number of aromatic nitrogens is 2. The van der Waals surface area contributed by atoms with E-state index in [2.05, 4.69) is 0 Å². The quantitative estimate of drug-likeness (QED) is 0.720. The molecule has 6 heteroatoms. The number of hydrogen-bond donors (Lipinski definition) is 0. The third-order valence-corrected chi connectivity index (χ3v) is 4.27. The molecule has 0 atom stereocenters. The lowest BCUT2D eigenvalue weighted by Gasteiger charge is -2.13. The molecule has 0 spiro atoms. The Morgan fingerprint density at radius 3 is 2.41 bits per heavy atom. The first-order valence-corrected chi connectivity index (χ1v) is 7.50. The van der Waals surface area contributed by atoms with Crippen LogP contribution in [-0.4, -0.2) is 9.13 Å². The standard InChI is InChI=1S/C16H12Cl2N2O2/c1-2-19-14-6-4-3-5-11(14)15(21)20(16(19)22)10-7-8-12(17)13(18)9-10/h3-9H,2H2,1H3. The van der Waals surface area contributed by atoms with Crippen LogP contribution in [0.25, 0.3) is 16.6 Å². The molecule has 22 heavy (non-hydrogen) atoms. The van der Waals surface area contributed by atoms with Gasteiger partial charge in [0, 0.05) is 6.54 Å². The number of rotatable bonds is 2. The Labute approximate surface area is 136 Å². The molecular weight excluding hydrogens is 323 g/mol. The summed E-state index contributed by atoms with van der Waals surface area (Å²) in [6.45, 7) is 2.32. The molecule has 0 saturated carbocycles. The van der Waals surface area contributed by atoms with E-state index >= 15 is 0 Å². The number of benzene rings is 2. The molecule has 0 N–H and O–H groups in total. The molecule has 3 aromatic rings. The summed E-state index contributed by atoms with van der Waals surface area (Å²) in [4.78, 5) is 25.4. The molecule has 1 aromatic heterocycles. The van der Waals surface area contributed by atoms with Crippen LogP contribution in [0.5, 0.6) is 0 Å². The molecule has 0 fully saturated rings. The minimum Gasteiger partial charge on any atom is -0.293 e. The van der Waals surface area contributed by atoms with Crippen LogP contribution < -0.4 is 11.2 Å². The number of fused-ring (bicyclic) bond motifs is 1. The van der Waals surface area contributed by atoms with Gasteiger partial charge in [0.2, 0.25) is 0 Å². The average Bonchev–Trinajstić information content (AvgIpc) is 2.51. The van der Waals surface area contributed by atoms with E-state index in [1.807, 2.05) is 6.92 Å². The summed E-state index contributed by atoms with van der Waals surface area (Å²) in [5, 5.41) is 1.15. The second-order valence-corrected chi connectivity index (χ2v) is 5.60. The Hall–Kier alpha value is -2.04. The summed E-state index contributed by atoms with van der Waals surface area (Å²) in [5.41, 5.74) is 0.252. The van der Waals surface area contributed by atoms with Crippen LogP contribution >= 0.6 is 23.2 Å². The van der Waals surface area contributed by atoms with Crippen molar-refractivity contribution in [2.24, 2.45) is 0 Å². The molecule has 2 aromatic carbocycles. The molecule has 0 aliphatic carbocycles. The molecule has 1 heterocycles. The Morgan fingerprint density at radius 2 is 1.73 bits per heavy atom. The largest absolute Gasteiger partial charge is 0.336 e. The minimum absolute atomic E-state index is 0.293. The zero-order valence-electron chi connectivity index (χ0n) is 11.7. The normalized spacial score (nSPS) is 11.0. The topological polar surface area (TPSA) is 44.0 Å². The van der Waals surface area contributed by atoms with Gasteiger partial charge in [0.1, 0.15) is 0 Å². The molecule has 0 radical (unpaired) electrons. The van der Waals surface area contributed by atoms with E-state index in [1.165, 1.54) is 6.07 Å². The number of nitrogens with zero attached hydrogens (tertiary/aromatic N) is 2. The lowest BCUT2D eigenvalue weighted by atomic mass is 10.2. The van der Waals surface area contributed by atoms with Crippen molar-refractivity contribution < 1.29 is 0 Å². The average molecular weight is 335 g/mol. The third kappa shape index (κ3) is 2.25. The van der Waals surface area contributed by atoms with E-state index in [1.54, 1.807) is 41.0 Å². The molecular formula is C16H12Cl2N2O2. The second kappa shape index (κ2) is 5.63. The van der Waals surface area contributed by atoms with Crippen molar-refractivity contribution in [3.8, 4) is 5.69 Å². The van der Waals surface area contributed by atoms with E-state index < -0.39 is 5.69 Å². The Kier molecular flexibility index (Phi) is 3.81. The van der Waals surface area contributed by atoms with Crippen LogP contribution in [0, 0.1) is 0 Å². The Bertz CT molecular complexity index is 990. The van der Waals surface area contributed by atoms with Crippen LogP contribution in [0.1, 0.15) is 6.92 Å². The number of halogens is 2. The minimum atomic E-state index is -0.399. The zero-order valence-corrected chi connectivity index (χ0v) is 13.2. The summed E-state index contributed by atoms with van der Waals surface area (Å²) in [6, 6.07) is 11.7. The van der Waals surface area contributed by atoms with Gasteiger partial charge in [-0.3, -0.25) is 9.36 Å². The second-order valence-electron chi connectivity index (χ2n) is 4.78. The monoisotopic (exact) mass is 334 g/mol. The summed E-state index contributed by atoms with van der Waals surface area (Å²) < 4.78 is 2.67. The van der Waals surface area contributed by atoms with Crippen molar-refractivity contribution in [1.29, 1.82) is 0 Å². The summed E-state index contributed by atoms with van der Waals surface area (Å²) >= 11 is 11.9. The highest BCUT2D eigenvalue weighted by Crippen LogP contribution is 2.23. The van der Waals surface area contributed by atoms with Gasteiger partial charge in [-0.2, -0.15) is 0 Å². The van der Waals surface area contributed by atoms with Crippen molar-refractivity contribution >= 4 is 34.1 Å². The Morgan fingerprint density at radius 1 is 1.00 bits per heavy atom. The number of aryl methyl sites for hydroxylation is 1. The van der Waals surface area contributed by atoms with E-state index in [0.29, 0.717) is 33.2 Å². The zero-order chi connectivity index (χ0) is 15.9. The van der Waals surface area contributed by atoms with Crippen LogP contribution in [0.2, 0.25) is 10.0 Å².